The van der Waals surface area contributed by atoms with Crippen molar-refractivity contribution in [2.75, 3.05) is 13.2 Å². The van der Waals surface area contributed by atoms with Gasteiger partial charge in [-0.25, -0.2) is 4.79 Å². The van der Waals surface area contributed by atoms with Crippen LogP contribution in [-0.4, -0.2) is 30.1 Å². The van der Waals surface area contributed by atoms with Crippen molar-refractivity contribution in [3.05, 3.63) is 65.9 Å². The molecule has 0 spiro atoms. The van der Waals surface area contributed by atoms with E-state index in [1.54, 1.807) is 24.3 Å². The van der Waals surface area contributed by atoms with E-state index in [-0.39, 0.29) is 23.8 Å². The fourth-order valence-electron chi connectivity index (χ4n) is 2.21. The first-order valence-electron chi connectivity index (χ1n) is 7.36. The van der Waals surface area contributed by atoms with Crippen LogP contribution in [0.2, 0.25) is 0 Å². The van der Waals surface area contributed by atoms with Gasteiger partial charge in [0.05, 0.1) is 12.1 Å². The van der Waals surface area contributed by atoms with Gasteiger partial charge in [-0.15, -0.1) is 0 Å². The fraction of sp³-hybridized carbons (Fsp3) is 0.111. The molecule has 6 heteroatoms. The number of ether oxygens (including phenoxy) is 1. The maximum Gasteiger partial charge on any atom is 0.335 e. The Kier molecular flexibility index (Phi) is 4.47. The van der Waals surface area contributed by atoms with Crippen molar-refractivity contribution in [2.45, 2.75) is 0 Å². The number of carboxylic acids is 1. The molecular weight excluding hydrogens is 310 g/mol. The Labute approximate surface area is 137 Å². The van der Waals surface area contributed by atoms with E-state index in [1.807, 2.05) is 18.2 Å². The molecule has 1 amide bonds. The van der Waals surface area contributed by atoms with Crippen LogP contribution in [0.3, 0.4) is 0 Å². The SMILES string of the molecule is O=C(O)c1ccc(OCCNC(=O)c2cc3ccccc3o2)cc1. The number of furan rings is 1. The molecule has 24 heavy (non-hydrogen) atoms. The second-order valence-corrected chi connectivity index (χ2v) is 5.08. The molecule has 0 unspecified atom stereocenters. The molecule has 0 aliphatic heterocycles. The second-order valence-electron chi connectivity index (χ2n) is 5.08. The third kappa shape index (κ3) is 3.55. The summed E-state index contributed by atoms with van der Waals surface area (Å²) < 4.78 is 10.9. The molecule has 1 aromatic heterocycles. The molecule has 0 fully saturated rings. The highest BCUT2D eigenvalue weighted by Gasteiger charge is 2.11. The van der Waals surface area contributed by atoms with Gasteiger partial charge in [0.1, 0.15) is 17.9 Å². The number of benzene rings is 2. The number of carbonyl (C=O) groups excluding carboxylic acids is 1. The standard InChI is InChI=1S/C18H15NO5/c20-17(16-11-13-3-1-2-4-15(13)24-16)19-9-10-23-14-7-5-12(6-8-14)18(21)22/h1-8,11H,9-10H2,(H,19,20)(H,21,22). The number of amides is 1. The first-order valence-corrected chi connectivity index (χ1v) is 7.36. The van der Waals surface area contributed by atoms with Crippen molar-refractivity contribution in [2.24, 2.45) is 0 Å². The molecule has 2 N–H and O–H groups in total. The Balaban J connectivity index is 1.49. The minimum absolute atomic E-state index is 0.195. The van der Waals surface area contributed by atoms with Gasteiger partial charge in [-0.05, 0) is 36.4 Å². The Bertz CT molecular complexity index is 834. The number of nitrogens with one attached hydrogen (secondary N) is 1. The summed E-state index contributed by atoms with van der Waals surface area (Å²) in [5.41, 5.74) is 0.859. The van der Waals surface area contributed by atoms with Crippen LogP contribution in [0.4, 0.5) is 0 Å². The summed E-state index contributed by atoms with van der Waals surface area (Å²) in [6.45, 7) is 0.564. The van der Waals surface area contributed by atoms with Crippen molar-refractivity contribution in [1.29, 1.82) is 0 Å². The quantitative estimate of drug-likeness (QED) is 0.680. The Hall–Kier alpha value is -3.28. The highest BCUT2D eigenvalue weighted by atomic mass is 16.5. The number of carbonyl (C=O) groups is 2. The molecule has 0 bridgehead atoms. The molecule has 122 valence electrons. The van der Waals surface area contributed by atoms with E-state index in [0.717, 1.165) is 5.39 Å². The van der Waals surface area contributed by atoms with Gasteiger partial charge in [-0.1, -0.05) is 18.2 Å². The van der Waals surface area contributed by atoms with Gasteiger partial charge in [0.25, 0.3) is 5.91 Å². The summed E-state index contributed by atoms with van der Waals surface area (Å²) in [7, 11) is 0. The Morgan fingerprint density at radius 3 is 2.54 bits per heavy atom. The van der Waals surface area contributed by atoms with Crippen molar-refractivity contribution < 1.29 is 23.8 Å². The average Bonchev–Trinajstić information content (AvgIpc) is 3.03. The average molecular weight is 325 g/mol. The van der Waals surface area contributed by atoms with Gasteiger partial charge in [0.15, 0.2) is 5.76 Å². The molecule has 0 radical (unpaired) electrons. The van der Waals surface area contributed by atoms with Crippen LogP contribution in [0.25, 0.3) is 11.0 Å². The maximum atomic E-state index is 12.0. The summed E-state index contributed by atoms with van der Waals surface area (Å²) >= 11 is 0. The predicted octanol–water partition coefficient (Wildman–Crippen LogP) is 2.94. The molecule has 0 aliphatic rings. The largest absolute Gasteiger partial charge is 0.492 e. The van der Waals surface area contributed by atoms with Gasteiger partial charge >= 0.3 is 5.97 Å². The van der Waals surface area contributed by atoms with E-state index in [4.69, 9.17) is 14.3 Å². The molecule has 0 saturated carbocycles. The normalized spacial score (nSPS) is 10.5. The Morgan fingerprint density at radius 2 is 1.83 bits per heavy atom. The lowest BCUT2D eigenvalue weighted by Gasteiger charge is -2.07. The van der Waals surface area contributed by atoms with Gasteiger partial charge in [0.2, 0.25) is 0 Å². The molecule has 6 nitrogen and oxygen atoms in total. The van der Waals surface area contributed by atoms with Gasteiger partial charge in [0, 0.05) is 5.39 Å². The van der Waals surface area contributed by atoms with Crippen LogP contribution in [0.15, 0.2) is 59.0 Å². The van der Waals surface area contributed by atoms with E-state index in [0.29, 0.717) is 17.9 Å². The minimum Gasteiger partial charge on any atom is -0.492 e. The van der Waals surface area contributed by atoms with Crippen LogP contribution in [-0.2, 0) is 0 Å². The third-order valence-corrected chi connectivity index (χ3v) is 3.41. The van der Waals surface area contributed by atoms with Crippen LogP contribution >= 0.6 is 0 Å². The number of fused-ring (bicyclic) bond motifs is 1. The highest BCUT2D eigenvalue weighted by molar-refractivity contribution is 5.96. The second kappa shape index (κ2) is 6.87. The molecule has 2 aromatic carbocycles. The lowest BCUT2D eigenvalue weighted by atomic mass is 10.2. The predicted molar refractivity (Wildman–Crippen MR) is 87.4 cm³/mol. The molecule has 0 saturated heterocycles. The third-order valence-electron chi connectivity index (χ3n) is 3.41. The van der Waals surface area contributed by atoms with E-state index < -0.39 is 5.97 Å². The molecule has 0 atom stereocenters. The topological polar surface area (TPSA) is 88.8 Å². The number of hydrogen-bond donors (Lipinski definition) is 2. The van der Waals surface area contributed by atoms with E-state index in [9.17, 15) is 9.59 Å². The summed E-state index contributed by atoms with van der Waals surface area (Å²) in [6, 6.07) is 15.2. The molecule has 3 aromatic rings. The molecule has 3 rings (SSSR count). The molecule has 1 heterocycles. The maximum absolute atomic E-state index is 12.0. The summed E-state index contributed by atoms with van der Waals surface area (Å²) in [5, 5.41) is 12.4. The zero-order valence-corrected chi connectivity index (χ0v) is 12.7. The van der Waals surface area contributed by atoms with Crippen LogP contribution in [0.1, 0.15) is 20.9 Å². The van der Waals surface area contributed by atoms with Crippen LogP contribution in [0, 0.1) is 0 Å². The lowest BCUT2D eigenvalue weighted by Crippen LogP contribution is -2.27. The van der Waals surface area contributed by atoms with Gasteiger partial charge < -0.3 is 19.6 Å². The first kappa shape index (κ1) is 15.6. The summed E-state index contributed by atoms with van der Waals surface area (Å²) in [6.07, 6.45) is 0. The smallest absolute Gasteiger partial charge is 0.335 e. The number of carboxylic acid groups (broad SMARTS) is 1. The van der Waals surface area contributed by atoms with Crippen molar-refractivity contribution in [3.63, 3.8) is 0 Å². The molecule has 0 aliphatic carbocycles. The number of rotatable bonds is 6. The van der Waals surface area contributed by atoms with Gasteiger partial charge in [-0.3, -0.25) is 4.79 Å². The van der Waals surface area contributed by atoms with E-state index in [2.05, 4.69) is 5.32 Å². The van der Waals surface area contributed by atoms with Crippen molar-refractivity contribution in [3.8, 4) is 5.75 Å². The van der Waals surface area contributed by atoms with Crippen LogP contribution in [0.5, 0.6) is 5.75 Å². The fourth-order valence-corrected chi connectivity index (χ4v) is 2.21. The summed E-state index contributed by atoms with van der Waals surface area (Å²) in [5.74, 6) is -0.504. The number of hydrogen-bond acceptors (Lipinski definition) is 4. The van der Waals surface area contributed by atoms with E-state index >= 15 is 0 Å². The van der Waals surface area contributed by atoms with Crippen molar-refractivity contribution in [1.82, 2.24) is 5.32 Å². The lowest BCUT2D eigenvalue weighted by molar-refractivity contribution is 0.0696. The van der Waals surface area contributed by atoms with Crippen LogP contribution < -0.4 is 10.1 Å². The highest BCUT2D eigenvalue weighted by Crippen LogP contribution is 2.18. The van der Waals surface area contributed by atoms with Crippen molar-refractivity contribution >= 4 is 22.8 Å². The first-order chi connectivity index (χ1) is 11.6. The number of aromatic carboxylic acids is 1. The molecular formula is C18H15NO5. The van der Waals surface area contributed by atoms with Gasteiger partial charge in [-0.2, -0.15) is 0 Å². The minimum atomic E-state index is -0.986. The summed E-state index contributed by atoms with van der Waals surface area (Å²) in [4.78, 5) is 22.8. The Morgan fingerprint density at radius 1 is 1.08 bits per heavy atom. The van der Waals surface area contributed by atoms with E-state index in [1.165, 1.54) is 12.1 Å². The number of para-hydroxylation sites is 1. The zero-order valence-electron chi connectivity index (χ0n) is 12.7. The zero-order chi connectivity index (χ0) is 16.9. The monoisotopic (exact) mass is 325 g/mol.